The maximum Gasteiger partial charge on any atom is 0.245 e. The second-order valence-corrected chi connectivity index (χ2v) is 6.12. The van der Waals surface area contributed by atoms with Gasteiger partial charge in [-0.15, -0.1) is 0 Å². The minimum Gasteiger partial charge on any atom is -0.476 e. The number of rotatable bonds is 5. The van der Waals surface area contributed by atoms with Crippen molar-refractivity contribution in [2.75, 3.05) is 13.2 Å². The molecule has 1 N–H and O–H groups in total. The van der Waals surface area contributed by atoms with Crippen LogP contribution in [0.15, 0.2) is 36.9 Å². The number of fused-ring (bicyclic) bond motifs is 2. The molecule has 0 amide bonds. The lowest BCUT2D eigenvalue weighted by atomic mass is 10.0. The van der Waals surface area contributed by atoms with Crippen LogP contribution >= 0.6 is 0 Å². The fraction of sp³-hybridized carbons (Fsp3) is 0.389. The average molecular weight is 324 g/mol. The van der Waals surface area contributed by atoms with E-state index in [4.69, 9.17) is 4.74 Å². The maximum atomic E-state index is 9.67. The summed E-state index contributed by atoms with van der Waals surface area (Å²) in [4.78, 5) is 13.0. The molecule has 0 saturated carbocycles. The van der Waals surface area contributed by atoms with Crippen LogP contribution in [0, 0.1) is 0 Å². The molecule has 0 unspecified atom stereocenters. The molecule has 4 rings (SSSR count). The molecule has 24 heavy (non-hydrogen) atoms. The van der Waals surface area contributed by atoms with Gasteiger partial charge in [0.1, 0.15) is 6.33 Å². The zero-order valence-corrected chi connectivity index (χ0v) is 13.6. The molecule has 0 bridgehead atoms. The minimum absolute atomic E-state index is 0.189. The van der Waals surface area contributed by atoms with Gasteiger partial charge in [0.2, 0.25) is 5.88 Å². The summed E-state index contributed by atoms with van der Waals surface area (Å²) in [6.45, 7) is 3.45. The van der Waals surface area contributed by atoms with Gasteiger partial charge in [0.05, 0.1) is 12.9 Å². The molecule has 0 aliphatic heterocycles. The molecule has 124 valence electrons. The summed E-state index contributed by atoms with van der Waals surface area (Å²) in [7, 11) is 0. The Morgan fingerprint density at radius 2 is 1.96 bits per heavy atom. The number of benzene rings is 1. The number of nitrogens with zero attached hydrogens (tertiary/aromatic N) is 4. The number of aromatic nitrogens is 4. The topological polar surface area (TPSA) is 73.1 Å². The van der Waals surface area contributed by atoms with E-state index in [9.17, 15) is 5.11 Å². The van der Waals surface area contributed by atoms with Gasteiger partial charge in [-0.3, -0.25) is 0 Å². The average Bonchev–Trinajstić information content (AvgIpc) is 3.18. The van der Waals surface area contributed by atoms with Crippen molar-refractivity contribution in [2.45, 2.75) is 31.7 Å². The smallest absolute Gasteiger partial charge is 0.245 e. The van der Waals surface area contributed by atoms with Gasteiger partial charge in [-0.25, -0.2) is 9.97 Å². The van der Waals surface area contributed by atoms with E-state index in [-0.39, 0.29) is 12.5 Å². The normalized spacial score (nSPS) is 19.6. The van der Waals surface area contributed by atoms with Gasteiger partial charge >= 0.3 is 0 Å². The predicted molar refractivity (Wildman–Crippen MR) is 90.1 cm³/mol. The lowest BCUT2D eigenvalue weighted by Crippen LogP contribution is -2.07. The summed E-state index contributed by atoms with van der Waals surface area (Å²) in [5.74, 6) is 1.09. The standard InChI is InChI=1S/C18H20N4O2/c1-2-24-18-16-17(19-10-20-18)22(11-21-16)8-12-7-13(9-23)15-6-4-3-5-14(12)15/h3-6,10-13,23H,2,7-9H2,1H3/t12-,13+/m1/s1. The number of hydrogen-bond acceptors (Lipinski definition) is 5. The van der Waals surface area contributed by atoms with Gasteiger partial charge in [-0.1, -0.05) is 24.3 Å². The minimum atomic E-state index is 0.189. The fourth-order valence-corrected chi connectivity index (χ4v) is 3.67. The first-order valence-corrected chi connectivity index (χ1v) is 8.30. The van der Waals surface area contributed by atoms with Crippen LogP contribution in [0.3, 0.4) is 0 Å². The van der Waals surface area contributed by atoms with E-state index in [2.05, 4.69) is 37.7 Å². The molecule has 6 nitrogen and oxygen atoms in total. The van der Waals surface area contributed by atoms with E-state index in [1.807, 2.05) is 13.0 Å². The zero-order chi connectivity index (χ0) is 16.5. The van der Waals surface area contributed by atoms with Crippen molar-refractivity contribution in [2.24, 2.45) is 0 Å². The van der Waals surface area contributed by atoms with Crippen LogP contribution in [-0.4, -0.2) is 37.8 Å². The highest BCUT2D eigenvalue weighted by Gasteiger charge is 2.30. The van der Waals surface area contributed by atoms with E-state index in [1.165, 1.54) is 17.5 Å². The Morgan fingerprint density at radius 3 is 2.71 bits per heavy atom. The molecule has 3 aromatic rings. The molecule has 2 atom stereocenters. The first-order chi connectivity index (χ1) is 11.8. The summed E-state index contributed by atoms with van der Waals surface area (Å²) in [5, 5.41) is 9.67. The van der Waals surface area contributed by atoms with Crippen molar-refractivity contribution in [3.05, 3.63) is 48.0 Å². The Labute approximate surface area is 140 Å². The third kappa shape index (κ3) is 2.43. The number of ether oxygens (including phenoxy) is 1. The molecule has 2 aromatic heterocycles. The molecule has 0 radical (unpaired) electrons. The fourth-order valence-electron chi connectivity index (χ4n) is 3.67. The molecule has 1 aromatic carbocycles. The molecule has 0 saturated heterocycles. The maximum absolute atomic E-state index is 9.67. The van der Waals surface area contributed by atoms with E-state index in [0.717, 1.165) is 18.6 Å². The molecule has 6 heteroatoms. The first kappa shape index (κ1) is 15.1. The monoisotopic (exact) mass is 324 g/mol. The number of aliphatic hydroxyl groups is 1. The van der Waals surface area contributed by atoms with E-state index in [0.29, 0.717) is 23.9 Å². The molecule has 2 heterocycles. The second-order valence-electron chi connectivity index (χ2n) is 6.12. The molecule has 0 fully saturated rings. The number of aliphatic hydroxyl groups excluding tert-OH is 1. The van der Waals surface area contributed by atoms with Gasteiger partial charge in [0, 0.05) is 25.0 Å². The van der Waals surface area contributed by atoms with Crippen molar-refractivity contribution in [1.29, 1.82) is 0 Å². The van der Waals surface area contributed by atoms with Crippen LogP contribution in [0.4, 0.5) is 0 Å². The van der Waals surface area contributed by atoms with Crippen molar-refractivity contribution < 1.29 is 9.84 Å². The van der Waals surface area contributed by atoms with Crippen LogP contribution in [0.2, 0.25) is 0 Å². The van der Waals surface area contributed by atoms with E-state index >= 15 is 0 Å². The molecule has 0 spiro atoms. The van der Waals surface area contributed by atoms with Gasteiger partial charge < -0.3 is 14.4 Å². The summed E-state index contributed by atoms with van der Waals surface area (Å²) in [6.07, 6.45) is 4.26. The van der Waals surface area contributed by atoms with Gasteiger partial charge in [0.15, 0.2) is 11.2 Å². The molecule has 1 aliphatic rings. The largest absolute Gasteiger partial charge is 0.476 e. The van der Waals surface area contributed by atoms with Crippen molar-refractivity contribution >= 4 is 11.2 Å². The molecular weight excluding hydrogens is 304 g/mol. The number of imidazole rings is 1. The Morgan fingerprint density at radius 1 is 1.17 bits per heavy atom. The molecular formula is C18H20N4O2. The van der Waals surface area contributed by atoms with Crippen LogP contribution in [-0.2, 0) is 6.54 Å². The predicted octanol–water partition coefficient (Wildman–Crippen LogP) is 2.49. The quantitative estimate of drug-likeness (QED) is 0.780. The Kier molecular flexibility index (Phi) is 3.90. The lowest BCUT2D eigenvalue weighted by Gasteiger charge is -2.13. The van der Waals surface area contributed by atoms with Gasteiger partial charge in [-0.05, 0) is 24.5 Å². The Balaban J connectivity index is 1.67. The van der Waals surface area contributed by atoms with Crippen LogP contribution in [0.25, 0.3) is 11.2 Å². The summed E-state index contributed by atoms with van der Waals surface area (Å²) in [5.41, 5.74) is 4.07. The molecule has 1 aliphatic carbocycles. The van der Waals surface area contributed by atoms with Crippen LogP contribution < -0.4 is 4.74 Å². The summed E-state index contributed by atoms with van der Waals surface area (Å²) < 4.78 is 7.59. The second kappa shape index (κ2) is 6.20. The van der Waals surface area contributed by atoms with Gasteiger partial charge in [-0.2, -0.15) is 4.98 Å². The SMILES string of the molecule is CCOc1ncnc2c1ncn2C[C@H]1C[C@@H](CO)c2ccccc21. The van der Waals surface area contributed by atoms with Crippen LogP contribution in [0.1, 0.15) is 36.3 Å². The van der Waals surface area contributed by atoms with E-state index in [1.54, 1.807) is 6.33 Å². The van der Waals surface area contributed by atoms with Crippen molar-refractivity contribution in [1.82, 2.24) is 19.5 Å². The highest BCUT2D eigenvalue weighted by Crippen LogP contribution is 2.42. The Hall–Kier alpha value is -2.47. The summed E-state index contributed by atoms with van der Waals surface area (Å²) in [6, 6.07) is 8.39. The van der Waals surface area contributed by atoms with Gasteiger partial charge in [0.25, 0.3) is 0 Å². The highest BCUT2D eigenvalue weighted by molar-refractivity contribution is 5.75. The third-order valence-electron chi connectivity index (χ3n) is 4.73. The first-order valence-electron chi connectivity index (χ1n) is 8.30. The van der Waals surface area contributed by atoms with E-state index < -0.39 is 0 Å². The zero-order valence-electron chi connectivity index (χ0n) is 13.6. The van der Waals surface area contributed by atoms with Crippen molar-refractivity contribution in [3.63, 3.8) is 0 Å². The lowest BCUT2D eigenvalue weighted by molar-refractivity contribution is 0.259. The van der Waals surface area contributed by atoms with Crippen molar-refractivity contribution in [3.8, 4) is 5.88 Å². The third-order valence-corrected chi connectivity index (χ3v) is 4.73. The Bertz CT molecular complexity index is 861. The van der Waals surface area contributed by atoms with Crippen LogP contribution in [0.5, 0.6) is 5.88 Å². The number of hydrogen-bond donors (Lipinski definition) is 1. The highest BCUT2D eigenvalue weighted by atomic mass is 16.5. The summed E-state index contributed by atoms with van der Waals surface area (Å²) >= 11 is 0.